The molecular weight excluding hydrogens is 416 g/mol. The Morgan fingerprint density at radius 1 is 0.879 bits per heavy atom. The normalized spacial score (nSPS) is 14.0. The molecule has 0 aliphatic carbocycles. The number of aliphatic hydroxyl groups is 1. The van der Waals surface area contributed by atoms with Crippen LogP contribution in [0.1, 0.15) is 39.7 Å². The second-order valence-electron chi connectivity index (χ2n) is 8.89. The summed E-state index contributed by atoms with van der Waals surface area (Å²) < 4.78 is 1.64. The molecule has 1 heterocycles. The third kappa shape index (κ3) is 6.56. The highest BCUT2D eigenvalue weighted by molar-refractivity contribution is 5.85. The molecule has 2 aromatic carbocycles. The summed E-state index contributed by atoms with van der Waals surface area (Å²) in [5.41, 5.74) is 4.11. The first-order valence-corrected chi connectivity index (χ1v) is 11.3. The van der Waals surface area contributed by atoms with E-state index in [9.17, 15) is 19.8 Å². The highest BCUT2D eigenvalue weighted by Crippen LogP contribution is 2.27. The number of aliphatic carboxylic acids is 1. The zero-order valence-electron chi connectivity index (χ0n) is 19.3. The van der Waals surface area contributed by atoms with Crippen LogP contribution in [0.3, 0.4) is 0 Å². The van der Waals surface area contributed by atoms with Crippen LogP contribution in [0.15, 0.2) is 73.1 Å². The van der Waals surface area contributed by atoms with Gasteiger partial charge in [-0.15, -0.1) is 0 Å². The lowest BCUT2D eigenvalue weighted by molar-refractivity contribution is -0.141. The summed E-state index contributed by atoms with van der Waals surface area (Å²) in [4.78, 5) is 24.5. The minimum Gasteiger partial charge on any atom is -0.481 e. The second-order valence-corrected chi connectivity index (χ2v) is 8.89. The van der Waals surface area contributed by atoms with Gasteiger partial charge in [0.2, 0.25) is 5.91 Å². The smallest absolute Gasteiger partial charge is 0.306 e. The van der Waals surface area contributed by atoms with Crippen LogP contribution in [0.25, 0.3) is 22.3 Å². The monoisotopic (exact) mass is 448 g/mol. The van der Waals surface area contributed by atoms with E-state index < -0.39 is 30.1 Å². The van der Waals surface area contributed by atoms with Gasteiger partial charge < -0.3 is 20.1 Å². The van der Waals surface area contributed by atoms with E-state index in [0.29, 0.717) is 6.42 Å². The Balaban J connectivity index is 1.80. The largest absolute Gasteiger partial charge is 0.481 e. The van der Waals surface area contributed by atoms with Crippen molar-refractivity contribution in [2.45, 2.75) is 51.8 Å². The van der Waals surface area contributed by atoms with Gasteiger partial charge in [0, 0.05) is 12.4 Å². The zero-order chi connectivity index (χ0) is 24.0. The van der Waals surface area contributed by atoms with Gasteiger partial charge in [0.15, 0.2) is 0 Å². The summed E-state index contributed by atoms with van der Waals surface area (Å²) in [5, 5.41) is 22.3. The molecule has 0 saturated carbocycles. The van der Waals surface area contributed by atoms with Crippen molar-refractivity contribution < 1.29 is 19.8 Å². The number of hydrogen-bond acceptors (Lipinski definition) is 3. The lowest BCUT2D eigenvalue weighted by Crippen LogP contribution is -2.46. The van der Waals surface area contributed by atoms with Crippen LogP contribution in [0.5, 0.6) is 0 Å². The number of rotatable bonds is 10. The van der Waals surface area contributed by atoms with Crippen molar-refractivity contribution in [3.63, 3.8) is 0 Å². The molecule has 33 heavy (non-hydrogen) atoms. The molecule has 174 valence electrons. The van der Waals surface area contributed by atoms with Gasteiger partial charge in [-0.05, 0) is 47.6 Å². The number of nitrogens with one attached hydrogen (secondary N) is 1. The Morgan fingerprint density at radius 3 is 2.00 bits per heavy atom. The molecule has 0 saturated heterocycles. The quantitative estimate of drug-likeness (QED) is 0.417. The fraction of sp³-hybridized carbons (Fsp3) is 0.333. The fourth-order valence-corrected chi connectivity index (χ4v) is 3.93. The Kier molecular flexibility index (Phi) is 8.06. The highest BCUT2D eigenvalue weighted by Gasteiger charge is 2.27. The van der Waals surface area contributed by atoms with Crippen LogP contribution >= 0.6 is 0 Å². The van der Waals surface area contributed by atoms with E-state index in [1.807, 2.05) is 62.4 Å². The summed E-state index contributed by atoms with van der Waals surface area (Å²) in [7, 11) is 0. The number of aromatic nitrogens is 1. The molecule has 0 aliphatic rings. The number of benzene rings is 2. The molecule has 3 rings (SSSR count). The first kappa shape index (κ1) is 24.3. The number of nitrogens with zero attached hydrogens (tertiary/aromatic N) is 1. The predicted octanol–water partition coefficient (Wildman–Crippen LogP) is 4.75. The lowest BCUT2D eigenvalue weighted by atomic mass is 9.99. The minimum absolute atomic E-state index is 0.278. The lowest BCUT2D eigenvalue weighted by Gasteiger charge is -2.26. The third-order valence-electron chi connectivity index (χ3n) is 5.71. The maximum atomic E-state index is 13.0. The van der Waals surface area contributed by atoms with Crippen molar-refractivity contribution in [2.75, 3.05) is 0 Å². The molecule has 1 amide bonds. The summed E-state index contributed by atoms with van der Waals surface area (Å²) in [6, 6.07) is 18.7. The number of carbonyl (C=O) groups is 2. The van der Waals surface area contributed by atoms with Crippen molar-refractivity contribution in [3.05, 3.63) is 73.1 Å². The van der Waals surface area contributed by atoms with Crippen molar-refractivity contribution in [1.29, 1.82) is 0 Å². The average molecular weight is 449 g/mol. The summed E-state index contributed by atoms with van der Waals surface area (Å²) in [5.74, 6) is -1.19. The van der Waals surface area contributed by atoms with Crippen molar-refractivity contribution in [2.24, 2.45) is 5.92 Å². The topological polar surface area (TPSA) is 91.6 Å². The van der Waals surface area contributed by atoms with Crippen LogP contribution < -0.4 is 5.32 Å². The van der Waals surface area contributed by atoms with Gasteiger partial charge in [0.1, 0.15) is 6.04 Å². The molecule has 3 aromatic rings. The van der Waals surface area contributed by atoms with E-state index >= 15 is 0 Å². The van der Waals surface area contributed by atoms with E-state index in [2.05, 4.69) is 17.4 Å². The molecule has 0 bridgehead atoms. The van der Waals surface area contributed by atoms with E-state index in [4.69, 9.17) is 0 Å². The number of carboxylic acid groups (broad SMARTS) is 1. The van der Waals surface area contributed by atoms with Gasteiger partial charge in [-0.1, -0.05) is 68.4 Å². The molecule has 3 N–H and O–H groups in total. The maximum absolute atomic E-state index is 13.0. The van der Waals surface area contributed by atoms with E-state index in [0.717, 1.165) is 22.3 Å². The average Bonchev–Trinajstić information content (AvgIpc) is 3.27. The third-order valence-corrected chi connectivity index (χ3v) is 5.71. The first-order valence-electron chi connectivity index (χ1n) is 11.3. The Hall–Kier alpha value is -3.38. The summed E-state index contributed by atoms with van der Waals surface area (Å²) in [6.45, 7) is 5.65. The van der Waals surface area contributed by atoms with Crippen LogP contribution in [0, 0.1) is 5.92 Å². The summed E-state index contributed by atoms with van der Waals surface area (Å²) >= 11 is 0. The van der Waals surface area contributed by atoms with Crippen LogP contribution in [-0.2, 0) is 9.59 Å². The number of amides is 1. The molecule has 1 unspecified atom stereocenters. The molecule has 0 aliphatic heterocycles. The van der Waals surface area contributed by atoms with Gasteiger partial charge in [0.05, 0.1) is 18.6 Å². The number of carboxylic acids is 1. The van der Waals surface area contributed by atoms with Crippen molar-refractivity contribution in [3.8, 4) is 22.3 Å². The zero-order valence-corrected chi connectivity index (χ0v) is 19.3. The molecule has 0 fully saturated rings. The van der Waals surface area contributed by atoms with E-state index in [1.54, 1.807) is 23.9 Å². The Morgan fingerprint density at radius 2 is 1.45 bits per heavy atom. The Bertz CT molecular complexity index is 1060. The van der Waals surface area contributed by atoms with E-state index in [-0.39, 0.29) is 12.3 Å². The molecule has 3 atom stereocenters. The molecule has 0 radical (unpaired) electrons. The Labute approximate surface area is 194 Å². The van der Waals surface area contributed by atoms with Crippen LogP contribution in [0.4, 0.5) is 0 Å². The molecule has 1 aromatic heterocycles. The van der Waals surface area contributed by atoms with Gasteiger partial charge in [-0.2, -0.15) is 0 Å². The number of carbonyl (C=O) groups excluding carboxylic acids is 1. The van der Waals surface area contributed by atoms with Crippen molar-refractivity contribution in [1.82, 2.24) is 9.88 Å². The first-order chi connectivity index (χ1) is 15.7. The number of hydrogen-bond donors (Lipinski definition) is 3. The standard InChI is InChI=1S/C27H32N2O4/c1-18(2)15-24(19(3)30)28-27(33)25(16-26(31)32)29-14-13-23(17-29)22-11-9-21(10-12-22)20-7-5-4-6-8-20/h4-14,17-19,24-25,30H,15-16H2,1-3H3,(H,28,33)(H,31,32)/t19?,24-,25+/m0/s1. The summed E-state index contributed by atoms with van der Waals surface area (Å²) in [6.07, 6.45) is 3.05. The van der Waals surface area contributed by atoms with Crippen LogP contribution in [-0.4, -0.2) is 38.8 Å². The van der Waals surface area contributed by atoms with E-state index in [1.165, 1.54) is 0 Å². The molecular formula is C27H32N2O4. The van der Waals surface area contributed by atoms with Gasteiger partial charge in [0.25, 0.3) is 0 Å². The SMILES string of the molecule is CC(C)C[C@H](NC(=O)[C@@H](CC(=O)O)n1ccc(-c2ccc(-c3ccccc3)cc2)c1)C(C)O. The van der Waals surface area contributed by atoms with Gasteiger partial charge in [-0.3, -0.25) is 9.59 Å². The van der Waals surface area contributed by atoms with Gasteiger partial charge >= 0.3 is 5.97 Å². The minimum atomic E-state index is -1.06. The second kappa shape index (κ2) is 11.0. The fourth-order valence-electron chi connectivity index (χ4n) is 3.93. The highest BCUT2D eigenvalue weighted by atomic mass is 16.4. The predicted molar refractivity (Wildman–Crippen MR) is 130 cm³/mol. The molecule has 0 spiro atoms. The van der Waals surface area contributed by atoms with Crippen LogP contribution in [0.2, 0.25) is 0 Å². The maximum Gasteiger partial charge on any atom is 0.306 e. The van der Waals surface area contributed by atoms with Gasteiger partial charge in [-0.25, -0.2) is 0 Å². The van der Waals surface area contributed by atoms with Crippen molar-refractivity contribution >= 4 is 11.9 Å². The molecule has 6 heteroatoms. The number of aliphatic hydroxyl groups excluding tert-OH is 1. The molecule has 6 nitrogen and oxygen atoms in total.